The second kappa shape index (κ2) is 7.99. The van der Waals surface area contributed by atoms with Gasteiger partial charge in [-0.05, 0) is 0 Å². The van der Waals surface area contributed by atoms with E-state index in [-0.39, 0.29) is 0 Å². The number of hydrogen-bond acceptors (Lipinski definition) is 3. The van der Waals surface area contributed by atoms with Crippen LogP contribution in [0.4, 0.5) is 48.3 Å². The third-order valence-corrected chi connectivity index (χ3v) is 2.83. The molecule has 0 aromatic heterocycles. The molecular weight excluding hydrogens is 377 g/mol. The number of aliphatic hydroxyl groups is 3. The molecule has 0 bridgehead atoms. The zero-order valence-electron chi connectivity index (χ0n) is 11.1. The Morgan fingerprint density at radius 2 is 0.792 bits per heavy atom. The van der Waals surface area contributed by atoms with Gasteiger partial charge >= 0.3 is 11.9 Å². The van der Waals surface area contributed by atoms with E-state index in [1.165, 1.54) is 0 Å². The van der Waals surface area contributed by atoms with Crippen molar-refractivity contribution in [3.63, 3.8) is 0 Å². The molecule has 0 heterocycles. The molecule has 0 aliphatic rings. The molecule has 0 radical (unpaired) electrons. The van der Waals surface area contributed by atoms with Crippen molar-refractivity contribution in [3.8, 4) is 0 Å². The molecule has 0 aromatic carbocycles. The van der Waals surface area contributed by atoms with Gasteiger partial charge < -0.3 is 15.3 Å². The molecule has 0 aromatic rings. The van der Waals surface area contributed by atoms with Crippen molar-refractivity contribution in [3.05, 3.63) is 0 Å². The average molecular weight is 388 g/mol. The van der Waals surface area contributed by atoms with Crippen LogP contribution in [0, 0.1) is 0 Å². The summed E-state index contributed by atoms with van der Waals surface area (Å²) in [6.07, 6.45) is -33.9. The smallest absolute Gasteiger partial charge is 0.339 e. The third kappa shape index (κ3) is 4.81. The first-order valence-corrected chi connectivity index (χ1v) is 5.88. The summed E-state index contributed by atoms with van der Waals surface area (Å²) in [6.45, 7) is 0. The maximum atomic E-state index is 13.1. The van der Waals surface area contributed by atoms with Gasteiger partial charge in [-0.25, -0.2) is 39.5 Å². The number of alkyl halides is 11. The summed E-state index contributed by atoms with van der Waals surface area (Å²) in [4.78, 5) is 0. The fourth-order valence-corrected chi connectivity index (χ4v) is 1.39. The summed E-state index contributed by atoms with van der Waals surface area (Å²) in [5.41, 5.74) is 0. The van der Waals surface area contributed by atoms with Crippen molar-refractivity contribution in [2.45, 2.75) is 61.5 Å². The highest BCUT2D eigenvalue weighted by Crippen LogP contribution is 2.36. The normalized spacial score (nSPS) is 22.6. The lowest BCUT2D eigenvalue weighted by atomic mass is 9.96. The Balaban J connectivity index is 5.16. The average Bonchev–Trinajstić information content (AvgIpc) is 2.48. The summed E-state index contributed by atoms with van der Waals surface area (Å²) >= 11 is 0. The molecule has 0 rings (SSSR count). The third-order valence-electron chi connectivity index (χ3n) is 2.83. The predicted octanol–water partition coefficient (Wildman–Crippen LogP) is 1.88. The molecule has 0 fully saturated rings. The number of halogens is 11. The van der Waals surface area contributed by atoms with Gasteiger partial charge in [-0.1, -0.05) is 0 Å². The van der Waals surface area contributed by atoms with Gasteiger partial charge in [-0.2, -0.15) is 8.78 Å². The van der Waals surface area contributed by atoms with Crippen molar-refractivity contribution in [1.82, 2.24) is 0 Å². The molecule has 7 atom stereocenters. The molecule has 3 N–H and O–H groups in total. The lowest BCUT2D eigenvalue weighted by molar-refractivity contribution is -0.420. The first-order chi connectivity index (χ1) is 10.6. The predicted molar refractivity (Wildman–Crippen MR) is 54.6 cm³/mol. The molecule has 24 heavy (non-hydrogen) atoms. The fraction of sp³-hybridized carbons (Fsp3) is 1.00. The van der Waals surface area contributed by atoms with Crippen LogP contribution in [-0.4, -0.2) is 76.8 Å². The fourth-order valence-electron chi connectivity index (χ4n) is 1.39. The highest BCUT2D eigenvalue weighted by atomic mass is 19.3. The zero-order valence-corrected chi connectivity index (χ0v) is 11.1. The van der Waals surface area contributed by atoms with Gasteiger partial charge in [0.1, 0.15) is 0 Å². The lowest BCUT2D eigenvalue weighted by Gasteiger charge is -2.31. The number of hydrogen-bond donors (Lipinski definition) is 3. The Bertz CT molecular complexity index is 391. The van der Waals surface area contributed by atoms with Gasteiger partial charge in [0.2, 0.25) is 6.17 Å². The molecule has 0 amide bonds. The summed E-state index contributed by atoms with van der Waals surface area (Å²) < 4.78 is 140. The summed E-state index contributed by atoms with van der Waals surface area (Å²) in [7, 11) is 0. The molecule has 0 saturated carbocycles. The van der Waals surface area contributed by atoms with Crippen LogP contribution in [0.5, 0.6) is 0 Å². The van der Waals surface area contributed by atoms with Crippen LogP contribution in [-0.2, 0) is 0 Å². The van der Waals surface area contributed by atoms with Crippen molar-refractivity contribution >= 4 is 0 Å². The van der Waals surface area contributed by atoms with Crippen molar-refractivity contribution in [2.75, 3.05) is 0 Å². The molecule has 0 saturated heterocycles. The zero-order chi connectivity index (χ0) is 19.6. The minimum Gasteiger partial charge on any atom is -0.339 e. The first-order valence-electron chi connectivity index (χ1n) is 5.88. The van der Waals surface area contributed by atoms with Crippen molar-refractivity contribution < 1.29 is 63.6 Å². The Hall–Kier alpha value is -0.890. The molecule has 0 aliphatic heterocycles. The maximum Gasteiger partial charge on any atom is 0.360 e. The van der Waals surface area contributed by atoms with E-state index in [4.69, 9.17) is 15.3 Å². The van der Waals surface area contributed by atoms with Crippen LogP contribution in [0.3, 0.4) is 0 Å². The van der Waals surface area contributed by atoms with E-state index in [1.807, 2.05) is 0 Å². The van der Waals surface area contributed by atoms with E-state index in [1.54, 1.807) is 0 Å². The van der Waals surface area contributed by atoms with Crippen molar-refractivity contribution in [1.29, 1.82) is 0 Å². The van der Waals surface area contributed by atoms with Crippen LogP contribution >= 0.6 is 0 Å². The van der Waals surface area contributed by atoms with Gasteiger partial charge in [0.15, 0.2) is 37.0 Å². The van der Waals surface area contributed by atoms with Gasteiger partial charge in [0, 0.05) is 0 Å². The summed E-state index contributed by atoms with van der Waals surface area (Å²) in [5.74, 6) is -11.1. The van der Waals surface area contributed by atoms with E-state index >= 15 is 0 Å². The summed E-state index contributed by atoms with van der Waals surface area (Å²) in [6, 6.07) is 0. The molecule has 3 nitrogen and oxygen atoms in total. The molecule has 7 unspecified atom stereocenters. The minimum absolute atomic E-state index is 3.97. The second-order valence-electron chi connectivity index (χ2n) is 4.66. The molecule has 146 valence electrons. The Labute approximate surface area is 126 Å². The quantitative estimate of drug-likeness (QED) is 0.418. The van der Waals surface area contributed by atoms with Crippen molar-refractivity contribution in [2.24, 2.45) is 0 Å². The topological polar surface area (TPSA) is 60.7 Å². The summed E-state index contributed by atoms with van der Waals surface area (Å²) in [5, 5.41) is 24.3. The largest absolute Gasteiger partial charge is 0.360 e. The first kappa shape index (κ1) is 23.1. The van der Waals surface area contributed by atoms with Crippen LogP contribution in [0.1, 0.15) is 0 Å². The highest BCUT2D eigenvalue weighted by Gasteiger charge is 2.63. The van der Waals surface area contributed by atoms with Crippen LogP contribution < -0.4 is 0 Å². The number of rotatable bonds is 9. The van der Waals surface area contributed by atoms with Gasteiger partial charge in [0.05, 0.1) is 0 Å². The van der Waals surface area contributed by atoms with Gasteiger partial charge in [0.25, 0.3) is 6.43 Å². The van der Waals surface area contributed by atoms with E-state index in [0.717, 1.165) is 0 Å². The van der Waals surface area contributed by atoms with E-state index in [9.17, 15) is 48.3 Å². The molecule has 0 aliphatic carbocycles. The van der Waals surface area contributed by atoms with E-state index in [0.29, 0.717) is 0 Å². The Morgan fingerprint density at radius 3 is 1.08 bits per heavy atom. The highest BCUT2D eigenvalue weighted by molar-refractivity contribution is 4.96. The molecular formula is C10H11F11O3. The SMILES string of the molecule is OC(O)(O)C(F)(F)C(F)C(F)C(F)C(F)C(F)C(F)C(F)C(F)F. The maximum absolute atomic E-state index is 13.1. The van der Waals surface area contributed by atoms with Gasteiger partial charge in [-0.15, -0.1) is 0 Å². The Morgan fingerprint density at radius 1 is 0.500 bits per heavy atom. The van der Waals surface area contributed by atoms with E-state index < -0.39 is 61.5 Å². The van der Waals surface area contributed by atoms with E-state index in [2.05, 4.69) is 0 Å². The van der Waals surface area contributed by atoms with Crippen LogP contribution in [0.25, 0.3) is 0 Å². The minimum atomic E-state index is -5.84. The van der Waals surface area contributed by atoms with Crippen LogP contribution in [0.15, 0.2) is 0 Å². The lowest BCUT2D eigenvalue weighted by Crippen LogP contribution is -2.59. The molecule has 0 spiro atoms. The Kier molecular flexibility index (Phi) is 7.70. The monoisotopic (exact) mass is 388 g/mol. The second-order valence-corrected chi connectivity index (χ2v) is 4.66. The van der Waals surface area contributed by atoms with Gasteiger partial charge in [-0.3, -0.25) is 0 Å². The standard InChI is InChI=1S/C10H11F11O3/c11-1(2(12)4(14)6(16)8(18)19)3(13)5(15)7(17)9(20,21)10(22,23)24/h1-8,22-24H. The van der Waals surface area contributed by atoms with Crippen LogP contribution in [0.2, 0.25) is 0 Å². The molecule has 14 heteroatoms.